The molecule has 0 aliphatic heterocycles. The van der Waals surface area contributed by atoms with Crippen molar-refractivity contribution >= 4 is 17.5 Å². The molecule has 134 valence electrons. The molecule has 2 aromatic rings. The summed E-state index contributed by atoms with van der Waals surface area (Å²) in [5.41, 5.74) is 0.582. The third-order valence-electron chi connectivity index (χ3n) is 3.43. The van der Waals surface area contributed by atoms with Crippen molar-refractivity contribution in [2.45, 2.75) is 13.8 Å². The molecule has 1 heterocycles. The van der Waals surface area contributed by atoms with Gasteiger partial charge in [0.25, 0.3) is 11.8 Å². The third kappa shape index (κ3) is 4.53. The number of hydrogen-bond acceptors (Lipinski definition) is 5. The monoisotopic (exact) mass is 346 g/mol. The molecule has 0 bridgehead atoms. The first-order valence-electron chi connectivity index (χ1n) is 7.85. The van der Waals surface area contributed by atoms with Gasteiger partial charge in [-0.25, -0.2) is 0 Å². The highest BCUT2D eigenvalue weighted by Crippen LogP contribution is 2.33. The van der Waals surface area contributed by atoms with Gasteiger partial charge in [-0.15, -0.1) is 0 Å². The number of ether oxygens (including phenoxy) is 2. The quantitative estimate of drug-likeness (QED) is 0.804. The molecular weight excluding hydrogens is 324 g/mol. The van der Waals surface area contributed by atoms with Crippen LogP contribution in [0.3, 0.4) is 0 Å². The largest absolute Gasteiger partial charge is 0.493 e. The Kier molecular flexibility index (Phi) is 6.05. The van der Waals surface area contributed by atoms with Gasteiger partial charge in [0.05, 0.1) is 31.7 Å². The van der Waals surface area contributed by atoms with E-state index >= 15 is 0 Å². The van der Waals surface area contributed by atoms with Crippen LogP contribution in [0.1, 0.15) is 34.8 Å². The van der Waals surface area contributed by atoms with Crippen LogP contribution >= 0.6 is 0 Å². The molecular formula is C18H22N2O5. The first-order valence-corrected chi connectivity index (χ1v) is 7.85. The minimum Gasteiger partial charge on any atom is -0.493 e. The van der Waals surface area contributed by atoms with Gasteiger partial charge in [-0.05, 0) is 24.1 Å². The number of methoxy groups -OCH3 is 2. The van der Waals surface area contributed by atoms with Gasteiger partial charge in [0.15, 0.2) is 17.3 Å². The summed E-state index contributed by atoms with van der Waals surface area (Å²) in [6, 6.07) is 6.23. The standard InChI is InChI=1S/C18H22N2O5/c1-11(2)10-19-17(21)12-8-15(23-3)16(24-4)9-13(12)20-18(22)14-6-5-7-25-14/h5-9,11H,10H2,1-4H3,(H,19,21)(H,20,22). The van der Waals surface area contributed by atoms with Crippen LogP contribution in [0.15, 0.2) is 34.9 Å². The number of benzene rings is 1. The van der Waals surface area contributed by atoms with Crippen molar-refractivity contribution in [3.63, 3.8) is 0 Å². The van der Waals surface area contributed by atoms with Gasteiger partial charge in [0.2, 0.25) is 0 Å². The molecule has 0 unspecified atom stereocenters. The van der Waals surface area contributed by atoms with Gasteiger partial charge in [0, 0.05) is 12.6 Å². The van der Waals surface area contributed by atoms with Crippen molar-refractivity contribution in [1.82, 2.24) is 5.32 Å². The molecule has 0 spiro atoms. The lowest BCUT2D eigenvalue weighted by Crippen LogP contribution is -2.28. The van der Waals surface area contributed by atoms with Crippen molar-refractivity contribution in [3.8, 4) is 11.5 Å². The number of amides is 2. The number of carbonyl (C=O) groups is 2. The Labute approximate surface area is 146 Å². The number of carbonyl (C=O) groups excluding carboxylic acids is 2. The van der Waals surface area contributed by atoms with Crippen molar-refractivity contribution in [3.05, 3.63) is 41.9 Å². The average Bonchev–Trinajstić information content (AvgIpc) is 3.13. The predicted octanol–water partition coefficient (Wildman–Crippen LogP) is 2.93. The fourth-order valence-corrected chi connectivity index (χ4v) is 2.15. The second kappa shape index (κ2) is 8.23. The summed E-state index contributed by atoms with van der Waals surface area (Å²) in [7, 11) is 2.96. The second-order valence-electron chi connectivity index (χ2n) is 5.79. The minimum atomic E-state index is -0.463. The lowest BCUT2D eigenvalue weighted by molar-refractivity contribution is 0.0949. The summed E-state index contributed by atoms with van der Waals surface area (Å²) in [6.07, 6.45) is 1.40. The molecule has 2 N–H and O–H groups in total. The summed E-state index contributed by atoms with van der Waals surface area (Å²) < 4.78 is 15.6. The Morgan fingerprint density at radius 1 is 1.12 bits per heavy atom. The Bertz CT molecular complexity index is 738. The average molecular weight is 346 g/mol. The zero-order valence-corrected chi connectivity index (χ0v) is 14.7. The van der Waals surface area contributed by atoms with E-state index in [4.69, 9.17) is 13.9 Å². The van der Waals surface area contributed by atoms with Crippen molar-refractivity contribution < 1.29 is 23.5 Å². The first kappa shape index (κ1) is 18.4. The Morgan fingerprint density at radius 2 is 1.80 bits per heavy atom. The number of furan rings is 1. The lowest BCUT2D eigenvalue weighted by Gasteiger charge is -2.16. The van der Waals surface area contributed by atoms with Crippen molar-refractivity contribution in [1.29, 1.82) is 0 Å². The molecule has 7 heteroatoms. The van der Waals surface area contributed by atoms with Crippen LogP contribution in [0.4, 0.5) is 5.69 Å². The molecule has 7 nitrogen and oxygen atoms in total. The highest BCUT2D eigenvalue weighted by Gasteiger charge is 2.20. The van der Waals surface area contributed by atoms with Crippen molar-refractivity contribution in [2.75, 3.05) is 26.1 Å². The van der Waals surface area contributed by atoms with Crippen LogP contribution in [0.2, 0.25) is 0 Å². The van der Waals surface area contributed by atoms with E-state index in [1.54, 1.807) is 12.1 Å². The normalized spacial score (nSPS) is 10.4. The van der Waals surface area contributed by atoms with Gasteiger partial charge in [-0.3, -0.25) is 9.59 Å². The van der Waals surface area contributed by atoms with Gasteiger partial charge in [-0.2, -0.15) is 0 Å². The van der Waals surface area contributed by atoms with Crippen LogP contribution < -0.4 is 20.1 Å². The van der Waals surface area contributed by atoms with E-state index in [-0.39, 0.29) is 17.2 Å². The van der Waals surface area contributed by atoms with Crippen LogP contribution in [0, 0.1) is 5.92 Å². The van der Waals surface area contributed by atoms with Gasteiger partial charge >= 0.3 is 0 Å². The number of nitrogens with one attached hydrogen (secondary N) is 2. The molecule has 25 heavy (non-hydrogen) atoms. The molecule has 1 aromatic carbocycles. The molecule has 0 atom stereocenters. The molecule has 0 saturated carbocycles. The second-order valence-corrected chi connectivity index (χ2v) is 5.79. The Morgan fingerprint density at radius 3 is 2.36 bits per heavy atom. The molecule has 0 fully saturated rings. The fraction of sp³-hybridized carbons (Fsp3) is 0.333. The highest BCUT2D eigenvalue weighted by molar-refractivity contribution is 6.08. The van der Waals surface area contributed by atoms with E-state index in [0.29, 0.717) is 29.6 Å². The van der Waals surface area contributed by atoms with E-state index < -0.39 is 5.91 Å². The van der Waals surface area contributed by atoms with Crippen LogP contribution in [-0.2, 0) is 0 Å². The molecule has 0 saturated heterocycles. The smallest absolute Gasteiger partial charge is 0.291 e. The van der Waals surface area contributed by atoms with E-state index in [0.717, 1.165) is 0 Å². The maximum atomic E-state index is 12.5. The molecule has 0 radical (unpaired) electrons. The zero-order valence-electron chi connectivity index (χ0n) is 14.7. The predicted molar refractivity (Wildman–Crippen MR) is 93.4 cm³/mol. The summed E-state index contributed by atoms with van der Waals surface area (Å²) in [5, 5.41) is 5.50. The van der Waals surface area contributed by atoms with Crippen LogP contribution in [0.25, 0.3) is 0 Å². The first-order chi connectivity index (χ1) is 12.0. The Balaban J connectivity index is 2.37. The summed E-state index contributed by atoms with van der Waals surface area (Å²) in [4.78, 5) is 24.8. The molecule has 2 rings (SSSR count). The lowest BCUT2D eigenvalue weighted by atomic mass is 10.1. The van der Waals surface area contributed by atoms with Gasteiger partial charge < -0.3 is 24.5 Å². The Hall–Kier alpha value is -2.96. The van der Waals surface area contributed by atoms with E-state index in [9.17, 15) is 9.59 Å². The topological polar surface area (TPSA) is 89.8 Å². The van der Waals surface area contributed by atoms with E-state index in [1.165, 1.54) is 32.6 Å². The third-order valence-corrected chi connectivity index (χ3v) is 3.43. The highest BCUT2D eigenvalue weighted by atomic mass is 16.5. The fourth-order valence-electron chi connectivity index (χ4n) is 2.15. The molecule has 2 amide bonds. The van der Waals surface area contributed by atoms with Crippen LogP contribution in [-0.4, -0.2) is 32.6 Å². The van der Waals surface area contributed by atoms with E-state index in [2.05, 4.69) is 10.6 Å². The minimum absolute atomic E-state index is 0.142. The summed E-state index contributed by atoms with van der Waals surface area (Å²) in [6.45, 7) is 4.50. The van der Waals surface area contributed by atoms with Crippen molar-refractivity contribution in [2.24, 2.45) is 5.92 Å². The number of anilines is 1. The maximum Gasteiger partial charge on any atom is 0.291 e. The molecule has 0 aliphatic carbocycles. The SMILES string of the molecule is COc1cc(NC(=O)c2ccco2)c(C(=O)NCC(C)C)cc1OC. The maximum absolute atomic E-state index is 12.5. The number of hydrogen-bond donors (Lipinski definition) is 2. The number of rotatable bonds is 7. The van der Waals surface area contributed by atoms with E-state index in [1.807, 2.05) is 13.8 Å². The van der Waals surface area contributed by atoms with Gasteiger partial charge in [0.1, 0.15) is 0 Å². The summed E-state index contributed by atoms with van der Waals surface area (Å²) >= 11 is 0. The van der Waals surface area contributed by atoms with Crippen LogP contribution in [0.5, 0.6) is 11.5 Å². The zero-order chi connectivity index (χ0) is 18.4. The van der Waals surface area contributed by atoms with Gasteiger partial charge in [-0.1, -0.05) is 13.8 Å². The molecule has 1 aromatic heterocycles. The summed E-state index contributed by atoms with van der Waals surface area (Å²) in [5.74, 6) is 0.457. The molecule has 0 aliphatic rings.